The van der Waals surface area contributed by atoms with Gasteiger partial charge < -0.3 is 10.6 Å². The molecular weight excluding hydrogens is 314 g/mol. The first-order valence-electron chi connectivity index (χ1n) is 7.51. The third-order valence-corrected chi connectivity index (χ3v) is 4.07. The smallest absolute Gasteiger partial charge is 0.171 e. The highest BCUT2D eigenvalue weighted by atomic mass is 32.1. The maximum absolute atomic E-state index is 13.7. The molecule has 0 saturated heterocycles. The molecule has 5 heteroatoms. The third-order valence-electron chi connectivity index (χ3n) is 3.85. The second kappa shape index (κ2) is 7.51. The summed E-state index contributed by atoms with van der Waals surface area (Å²) in [6.45, 7) is 6.14. The van der Waals surface area contributed by atoms with Crippen molar-refractivity contribution in [3.05, 3.63) is 64.7 Å². The van der Waals surface area contributed by atoms with Gasteiger partial charge in [-0.25, -0.2) is 8.78 Å². The van der Waals surface area contributed by atoms with Crippen molar-refractivity contribution in [3.8, 4) is 0 Å². The SMILES string of the molecule is CC[C@@H](NC(=S)Nc1c(F)cccc1F)c1ccc(C)c(C)c1. The van der Waals surface area contributed by atoms with E-state index in [0.717, 1.165) is 12.0 Å². The Morgan fingerprint density at radius 1 is 1.09 bits per heavy atom. The molecule has 2 nitrogen and oxygen atoms in total. The van der Waals surface area contributed by atoms with E-state index in [9.17, 15) is 8.78 Å². The molecular formula is C18H20F2N2S. The quantitative estimate of drug-likeness (QED) is 0.768. The number of benzene rings is 2. The monoisotopic (exact) mass is 334 g/mol. The zero-order chi connectivity index (χ0) is 17.0. The molecule has 0 aliphatic rings. The van der Waals surface area contributed by atoms with Gasteiger partial charge in [0.15, 0.2) is 5.11 Å². The predicted octanol–water partition coefficient (Wildman–Crippen LogP) is 5.02. The molecule has 0 aliphatic heterocycles. The van der Waals surface area contributed by atoms with Crippen LogP contribution in [0.15, 0.2) is 36.4 Å². The number of nitrogens with one attached hydrogen (secondary N) is 2. The number of aryl methyl sites for hydroxylation is 2. The summed E-state index contributed by atoms with van der Waals surface area (Å²) in [5.41, 5.74) is 3.27. The summed E-state index contributed by atoms with van der Waals surface area (Å²) in [5, 5.41) is 5.92. The molecule has 0 saturated carbocycles. The van der Waals surface area contributed by atoms with Crippen molar-refractivity contribution in [3.63, 3.8) is 0 Å². The molecule has 0 aromatic heterocycles. The standard InChI is InChI=1S/C18H20F2N2S/c1-4-16(13-9-8-11(2)12(3)10-13)21-18(23)22-17-14(19)6-5-7-15(17)20/h5-10,16H,4H2,1-3H3,(H2,21,22,23)/t16-/m1/s1. The first kappa shape index (κ1) is 17.3. The van der Waals surface area contributed by atoms with Crippen molar-refractivity contribution in [1.82, 2.24) is 5.32 Å². The van der Waals surface area contributed by atoms with Crippen LogP contribution in [0.2, 0.25) is 0 Å². The Hall–Kier alpha value is -2.01. The molecule has 0 unspecified atom stereocenters. The minimum Gasteiger partial charge on any atom is -0.356 e. The maximum Gasteiger partial charge on any atom is 0.171 e. The molecule has 2 aromatic carbocycles. The van der Waals surface area contributed by atoms with E-state index < -0.39 is 11.6 Å². The molecule has 2 aromatic rings. The number of hydrogen-bond donors (Lipinski definition) is 2. The van der Waals surface area contributed by atoms with E-state index in [0.29, 0.717) is 0 Å². The summed E-state index contributed by atoms with van der Waals surface area (Å²) >= 11 is 5.20. The Bertz CT molecular complexity index is 696. The molecule has 0 fully saturated rings. The highest BCUT2D eigenvalue weighted by Gasteiger charge is 2.14. The molecule has 23 heavy (non-hydrogen) atoms. The molecule has 0 bridgehead atoms. The number of anilines is 1. The normalized spacial score (nSPS) is 11.9. The van der Waals surface area contributed by atoms with E-state index in [-0.39, 0.29) is 16.8 Å². The molecule has 0 spiro atoms. The first-order chi connectivity index (χ1) is 10.9. The summed E-state index contributed by atoms with van der Waals surface area (Å²) in [6.07, 6.45) is 0.796. The van der Waals surface area contributed by atoms with Crippen molar-refractivity contribution in [1.29, 1.82) is 0 Å². The van der Waals surface area contributed by atoms with Gasteiger partial charge in [-0.2, -0.15) is 0 Å². The number of halogens is 2. The lowest BCUT2D eigenvalue weighted by Crippen LogP contribution is -2.32. The van der Waals surface area contributed by atoms with Gasteiger partial charge in [0, 0.05) is 0 Å². The van der Waals surface area contributed by atoms with Gasteiger partial charge in [-0.1, -0.05) is 31.2 Å². The van der Waals surface area contributed by atoms with Gasteiger partial charge in [-0.15, -0.1) is 0 Å². The number of rotatable bonds is 4. The van der Waals surface area contributed by atoms with Gasteiger partial charge in [-0.3, -0.25) is 0 Å². The molecule has 1 atom stereocenters. The molecule has 122 valence electrons. The zero-order valence-corrected chi connectivity index (χ0v) is 14.2. The highest BCUT2D eigenvalue weighted by Crippen LogP contribution is 2.21. The van der Waals surface area contributed by atoms with Crippen LogP contribution < -0.4 is 10.6 Å². The fraction of sp³-hybridized carbons (Fsp3) is 0.278. The lowest BCUT2D eigenvalue weighted by molar-refractivity contribution is 0.589. The van der Waals surface area contributed by atoms with E-state index in [1.54, 1.807) is 0 Å². The van der Waals surface area contributed by atoms with Crippen molar-refractivity contribution >= 4 is 23.0 Å². The van der Waals surface area contributed by atoms with Gasteiger partial charge in [0.2, 0.25) is 0 Å². The molecule has 0 aliphatic carbocycles. The van der Waals surface area contributed by atoms with E-state index in [1.165, 1.54) is 29.3 Å². The average Bonchev–Trinajstić information content (AvgIpc) is 2.51. The van der Waals surface area contributed by atoms with E-state index in [4.69, 9.17) is 12.2 Å². The van der Waals surface area contributed by atoms with Crippen LogP contribution in [-0.4, -0.2) is 5.11 Å². The van der Waals surface area contributed by atoms with Crippen LogP contribution in [0.3, 0.4) is 0 Å². The van der Waals surface area contributed by atoms with Gasteiger partial charge >= 0.3 is 0 Å². The van der Waals surface area contributed by atoms with Crippen LogP contribution in [0.4, 0.5) is 14.5 Å². The summed E-state index contributed by atoms with van der Waals surface area (Å²) in [5.74, 6) is -1.35. The van der Waals surface area contributed by atoms with E-state index in [1.807, 2.05) is 13.0 Å². The summed E-state index contributed by atoms with van der Waals surface area (Å²) in [6, 6.07) is 9.87. The number of hydrogen-bond acceptors (Lipinski definition) is 1. The van der Waals surface area contributed by atoms with E-state index in [2.05, 4.69) is 36.6 Å². The second-order valence-corrected chi connectivity index (χ2v) is 5.91. The Balaban J connectivity index is 2.12. The van der Waals surface area contributed by atoms with Crippen molar-refractivity contribution < 1.29 is 8.78 Å². The Labute approximate surface area is 140 Å². The van der Waals surface area contributed by atoms with Gasteiger partial charge in [0.05, 0.1) is 6.04 Å². The fourth-order valence-electron chi connectivity index (χ4n) is 2.33. The molecule has 2 N–H and O–H groups in total. The Morgan fingerprint density at radius 2 is 1.74 bits per heavy atom. The number of thiocarbonyl (C=S) groups is 1. The minimum absolute atomic E-state index is 0.0239. The zero-order valence-electron chi connectivity index (χ0n) is 13.4. The largest absolute Gasteiger partial charge is 0.356 e. The van der Waals surface area contributed by atoms with Gasteiger partial charge in [-0.05, 0) is 61.3 Å². The van der Waals surface area contributed by atoms with Gasteiger partial charge in [0.1, 0.15) is 17.3 Å². The van der Waals surface area contributed by atoms with Crippen molar-refractivity contribution in [2.45, 2.75) is 33.2 Å². The third kappa shape index (κ3) is 4.26. The molecule has 2 rings (SSSR count). The van der Waals surface area contributed by atoms with Crippen LogP contribution >= 0.6 is 12.2 Å². The predicted molar refractivity (Wildman–Crippen MR) is 94.7 cm³/mol. The van der Waals surface area contributed by atoms with Crippen LogP contribution in [0.25, 0.3) is 0 Å². The second-order valence-electron chi connectivity index (χ2n) is 5.50. The topological polar surface area (TPSA) is 24.1 Å². The summed E-state index contributed by atoms with van der Waals surface area (Å²) in [4.78, 5) is 0. The first-order valence-corrected chi connectivity index (χ1v) is 7.92. The van der Waals surface area contributed by atoms with Crippen LogP contribution in [0.1, 0.15) is 36.1 Å². The average molecular weight is 334 g/mol. The lowest BCUT2D eigenvalue weighted by Gasteiger charge is -2.21. The maximum atomic E-state index is 13.7. The fourth-order valence-corrected chi connectivity index (χ4v) is 2.57. The molecule has 0 amide bonds. The van der Waals surface area contributed by atoms with Crippen LogP contribution in [0.5, 0.6) is 0 Å². The summed E-state index contributed by atoms with van der Waals surface area (Å²) < 4.78 is 27.3. The van der Waals surface area contributed by atoms with Crippen LogP contribution in [-0.2, 0) is 0 Å². The van der Waals surface area contributed by atoms with Crippen molar-refractivity contribution in [2.75, 3.05) is 5.32 Å². The Morgan fingerprint density at radius 3 is 2.30 bits per heavy atom. The van der Waals surface area contributed by atoms with Crippen molar-refractivity contribution in [2.24, 2.45) is 0 Å². The number of para-hydroxylation sites is 1. The van der Waals surface area contributed by atoms with Gasteiger partial charge in [0.25, 0.3) is 0 Å². The van der Waals surface area contributed by atoms with Crippen LogP contribution in [0, 0.1) is 25.5 Å². The molecule has 0 heterocycles. The van der Waals surface area contributed by atoms with E-state index >= 15 is 0 Å². The summed E-state index contributed by atoms with van der Waals surface area (Å²) in [7, 11) is 0. The molecule has 0 radical (unpaired) electrons. The lowest BCUT2D eigenvalue weighted by atomic mass is 9.99. The minimum atomic E-state index is -0.673. The highest BCUT2D eigenvalue weighted by molar-refractivity contribution is 7.80. The Kier molecular flexibility index (Phi) is 5.66.